The van der Waals surface area contributed by atoms with Gasteiger partial charge in [0.2, 0.25) is 11.8 Å². The van der Waals surface area contributed by atoms with E-state index >= 15 is 0 Å². The molecule has 1 fully saturated rings. The number of aromatic nitrogens is 4. The molecule has 7 atom stereocenters. The lowest BCUT2D eigenvalue weighted by atomic mass is 9.87. The first kappa shape index (κ1) is 60.5. The van der Waals surface area contributed by atoms with Crippen LogP contribution in [0, 0.1) is 5.41 Å². The van der Waals surface area contributed by atoms with Crippen LogP contribution < -0.4 is 16.4 Å². The number of aliphatic hydroxyl groups is 2. The first-order chi connectivity index (χ1) is 32.9. The highest BCUT2D eigenvalue weighted by molar-refractivity contribution is 8.13. The fourth-order valence-corrected chi connectivity index (χ4v) is 9.79. The second kappa shape index (κ2) is 29.6. The number of fused-ring (bicyclic) bond motifs is 1. The van der Waals surface area contributed by atoms with Crippen LogP contribution in [-0.4, -0.2) is 128 Å². The predicted octanol–water partition coefficient (Wildman–Crippen LogP) is 3.99. The molecule has 7 unspecified atom stereocenters. The Morgan fingerprint density at radius 3 is 2.37 bits per heavy atom. The van der Waals surface area contributed by atoms with E-state index in [1.165, 1.54) is 26.7 Å². The van der Waals surface area contributed by atoms with Crippen molar-refractivity contribution in [2.45, 2.75) is 116 Å². The number of imidazole rings is 1. The van der Waals surface area contributed by atoms with Crippen molar-refractivity contribution >= 4 is 74.9 Å². The number of hydrogen-bond donors (Lipinski definition) is 9. The number of nitrogens with two attached hydrogens (primary N) is 1. The summed E-state index contributed by atoms with van der Waals surface area (Å²) < 4.78 is 62.4. The molecule has 1 aliphatic heterocycles. The fraction of sp³-hybridized carbons (Fsp3) is 0.585. The Morgan fingerprint density at radius 2 is 1.64 bits per heavy atom. The average molecular weight is 1070 g/mol. The van der Waals surface area contributed by atoms with Gasteiger partial charge >= 0.3 is 23.5 Å². The lowest BCUT2D eigenvalue weighted by Crippen LogP contribution is -2.46. The number of nitrogens with one attached hydrogen (secondary N) is 2. The second-order valence-corrected chi connectivity index (χ2v) is 21.7. The van der Waals surface area contributed by atoms with Crippen LogP contribution in [0.25, 0.3) is 11.2 Å². The Bertz CT molecular complexity index is 2310. The molecule has 0 radical (unpaired) electrons. The molecule has 1 aliphatic rings. The number of carbonyl (C=O) groups excluding carboxylic acids is 4. The van der Waals surface area contributed by atoms with Crippen molar-refractivity contribution in [3.8, 4) is 0 Å². The van der Waals surface area contributed by atoms with Crippen molar-refractivity contribution in [2.75, 3.05) is 37.8 Å². The summed E-state index contributed by atoms with van der Waals surface area (Å²) in [7, 11) is -16.4. The molecule has 392 valence electrons. The van der Waals surface area contributed by atoms with Crippen LogP contribution in [0.1, 0.15) is 91.2 Å². The quantitative estimate of drug-likeness (QED) is 0.0160. The summed E-state index contributed by atoms with van der Waals surface area (Å²) >= 11 is 1.08. The zero-order valence-corrected chi connectivity index (χ0v) is 42.5. The maximum absolute atomic E-state index is 12.7. The van der Waals surface area contributed by atoms with Gasteiger partial charge in [-0.25, -0.2) is 28.6 Å². The zero-order chi connectivity index (χ0) is 52.0. The molecule has 3 heterocycles. The van der Waals surface area contributed by atoms with E-state index in [1.54, 1.807) is 12.2 Å². The van der Waals surface area contributed by atoms with Crippen LogP contribution in [-0.2, 0) is 55.5 Å². The lowest BCUT2D eigenvalue weighted by Gasteiger charge is -2.30. The minimum atomic E-state index is -5.59. The molecule has 10 N–H and O–H groups in total. The number of ether oxygens (including phenoxy) is 1. The Balaban J connectivity index is 1.31. The van der Waals surface area contributed by atoms with Crippen molar-refractivity contribution < 1.29 is 85.3 Å². The molecular weight excluding hydrogens is 1000 g/mol. The van der Waals surface area contributed by atoms with Crippen molar-refractivity contribution in [3.63, 3.8) is 0 Å². The minimum Gasteiger partial charge on any atom is -0.386 e. The first-order valence-corrected chi connectivity index (χ1v) is 27.7. The van der Waals surface area contributed by atoms with Crippen molar-refractivity contribution in [1.29, 1.82) is 0 Å². The number of rotatable bonds is 33. The van der Waals surface area contributed by atoms with Crippen LogP contribution >= 0.6 is 35.2 Å². The summed E-state index contributed by atoms with van der Waals surface area (Å²) in [4.78, 5) is 100. The summed E-state index contributed by atoms with van der Waals surface area (Å²) in [6.07, 6.45) is 15.3. The van der Waals surface area contributed by atoms with E-state index in [4.69, 9.17) is 19.5 Å². The third-order valence-corrected chi connectivity index (χ3v) is 14.0. The Morgan fingerprint density at radius 1 is 0.929 bits per heavy atom. The van der Waals surface area contributed by atoms with Crippen LogP contribution in [0.4, 0.5) is 5.82 Å². The van der Waals surface area contributed by atoms with Crippen molar-refractivity contribution in [1.82, 2.24) is 30.2 Å². The molecule has 70 heavy (non-hydrogen) atoms. The van der Waals surface area contributed by atoms with Gasteiger partial charge in [0.25, 0.3) is 0 Å². The smallest absolute Gasteiger partial charge is 0.386 e. The van der Waals surface area contributed by atoms with Gasteiger partial charge in [0, 0.05) is 43.5 Å². The van der Waals surface area contributed by atoms with E-state index in [2.05, 4.69) is 47.4 Å². The molecule has 25 nitrogen and oxygen atoms in total. The largest absolute Gasteiger partial charge is 0.481 e. The number of amides is 2. The number of unbranched alkanes of at least 4 members (excludes halogenated alkanes) is 4. The Hall–Kier alpha value is -3.81. The fourth-order valence-electron chi connectivity index (χ4n) is 6.24. The average Bonchev–Trinajstić information content (AvgIpc) is 3.85. The van der Waals surface area contributed by atoms with E-state index in [0.717, 1.165) is 41.8 Å². The van der Waals surface area contributed by atoms with Crippen LogP contribution in [0.15, 0.2) is 61.3 Å². The molecule has 0 aromatic carbocycles. The third-order valence-electron chi connectivity index (χ3n) is 9.94. The second-order valence-electron chi connectivity index (χ2n) is 16.3. The topological polar surface area (TPSA) is 381 Å². The number of allylic oxidation sites excluding steroid dienone is 8. The summed E-state index contributed by atoms with van der Waals surface area (Å²) in [6, 6.07) is 0. The molecule has 1 saturated heterocycles. The number of nitrogens with zero attached hydrogens (tertiary/aromatic N) is 4. The third kappa shape index (κ3) is 22.3. The number of thioether (sulfide) groups is 1. The maximum Gasteiger partial charge on any atom is 0.481 e. The van der Waals surface area contributed by atoms with E-state index in [9.17, 15) is 62.7 Å². The van der Waals surface area contributed by atoms with Crippen molar-refractivity contribution in [3.05, 3.63) is 61.3 Å². The van der Waals surface area contributed by atoms with Gasteiger partial charge in [-0.3, -0.25) is 37.3 Å². The van der Waals surface area contributed by atoms with E-state index in [0.29, 0.717) is 37.9 Å². The highest BCUT2D eigenvalue weighted by atomic mass is 32.2. The molecule has 0 bridgehead atoms. The normalized spacial score (nSPS) is 20.1. The predicted molar refractivity (Wildman–Crippen MR) is 256 cm³/mol. The summed E-state index contributed by atoms with van der Waals surface area (Å²) in [6.45, 7) is 2.59. The summed E-state index contributed by atoms with van der Waals surface area (Å²) in [5, 5.41) is 26.5. The van der Waals surface area contributed by atoms with Gasteiger partial charge in [-0.05, 0) is 38.2 Å². The van der Waals surface area contributed by atoms with Gasteiger partial charge in [-0.2, -0.15) is 4.31 Å². The molecule has 0 saturated carbocycles. The SMILES string of the molecule is CCCCCC=CC=CC(=O)CC=CCC=CCCCC(=O)SCCNC(=O)CCNC(=O)C(O)C(C)(C)COP(=O)(O)OP(=O)(O)OCC1OC(n2cnc3c(N)ncnc32)C(O)C1OP(=O)(O)O. The maximum atomic E-state index is 12.7. The Kier molecular flexibility index (Phi) is 25.6. The molecular formula is C41H64N7O18P3S. The van der Waals surface area contributed by atoms with E-state index < -0.39 is 84.6 Å². The number of phosphoric ester groups is 3. The monoisotopic (exact) mass is 1070 g/mol. The zero-order valence-electron chi connectivity index (χ0n) is 39.0. The van der Waals surface area contributed by atoms with Crippen LogP contribution in [0.5, 0.6) is 0 Å². The van der Waals surface area contributed by atoms with Gasteiger partial charge in [0.05, 0.1) is 19.5 Å². The lowest BCUT2D eigenvalue weighted by molar-refractivity contribution is -0.137. The number of anilines is 1. The molecule has 29 heteroatoms. The number of aliphatic hydroxyl groups excluding tert-OH is 2. The molecule has 3 rings (SSSR count). The first-order valence-electron chi connectivity index (χ1n) is 22.2. The Labute approximate surface area is 409 Å². The van der Waals surface area contributed by atoms with E-state index in [1.807, 2.05) is 30.4 Å². The van der Waals surface area contributed by atoms with Crippen LogP contribution in [0.3, 0.4) is 0 Å². The summed E-state index contributed by atoms with van der Waals surface area (Å²) in [5.74, 6) is -1.12. The molecule has 2 aromatic rings. The number of carbonyl (C=O) groups is 4. The molecule has 2 aromatic heterocycles. The van der Waals surface area contributed by atoms with Gasteiger partial charge in [-0.1, -0.05) is 87.9 Å². The van der Waals surface area contributed by atoms with Gasteiger partial charge in [-0.15, -0.1) is 0 Å². The standard InChI is InChI=1S/C41H64N7O18P3S/c1-4-5-6-7-9-12-15-18-29(49)19-16-13-10-8-11-14-17-20-32(51)70-24-23-43-31(50)21-22-44-39(54)36(53)41(2,3)26-63-69(60,61)66-68(58,59)62-25-30-35(65-67(55,56)57)34(52)40(64-30)48-28-47-33-37(42)45-27-46-38(33)48/h8-9,11-13,15-16,18,27-28,30,34-36,40,52-53H,4-7,10,14,17,19-26H2,1-3H3,(H,43,50)(H,44,54)(H,58,59)(H,60,61)(H2,42,45,46)(H2,55,56,57). The number of ketones is 1. The molecule has 0 aliphatic carbocycles. The van der Waals surface area contributed by atoms with E-state index in [-0.39, 0.29) is 47.4 Å². The van der Waals surface area contributed by atoms with Crippen molar-refractivity contribution in [2.24, 2.45) is 5.41 Å². The van der Waals surface area contributed by atoms with Gasteiger partial charge in [0.1, 0.15) is 36.3 Å². The minimum absolute atomic E-state index is 0.0260. The summed E-state index contributed by atoms with van der Waals surface area (Å²) in [5.41, 5.74) is 4.25. The van der Waals surface area contributed by atoms with Gasteiger partial charge < -0.3 is 50.9 Å². The highest BCUT2D eigenvalue weighted by Crippen LogP contribution is 2.61. The number of hydrogen-bond acceptors (Lipinski definition) is 19. The number of phosphoric acid groups is 3. The van der Waals surface area contributed by atoms with Gasteiger partial charge in [0.15, 0.2) is 28.6 Å². The molecule has 2 amide bonds. The highest BCUT2D eigenvalue weighted by Gasteiger charge is 2.50. The molecule has 0 spiro atoms. The number of nitrogen functional groups attached to an aromatic ring is 1. The van der Waals surface area contributed by atoms with Crippen LogP contribution in [0.2, 0.25) is 0 Å².